The van der Waals surface area contributed by atoms with Crippen LogP contribution in [0.1, 0.15) is 79.8 Å². The summed E-state index contributed by atoms with van der Waals surface area (Å²) in [6, 6.07) is 43.0. The van der Waals surface area contributed by atoms with E-state index in [2.05, 4.69) is 198 Å². The fraction of sp³-hybridized carbons (Fsp3) is 0.265. The van der Waals surface area contributed by atoms with Crippen LogP contribution in [0.15, 0.2) is 139 Å². The third-order valence-corrected chi connectivity index (χ3v) is 14.5. The first-order valence-corrected chi connectivity index (χ1v) is 22.5. The summed E-state index contributed by atoms with van der Waals surface area (Å²) >= 11 is 0. The fourth-order valence-electron chi connectivity index (χ4n) is 9.39. The van der Waals surface area contributed by atoms with Gasteiger partial charge < -0.3 is 4.90 Å². The normalized spacial score (nSPS) is 19.3. The van der Waals surface area contributed by atoms with E-state index < -0.39 is 8.07 Å². The molecule has 5 aromatic carbocycles. The van der Waals surface area contributed by atoms with Gasteiger partial charge in [-0.15, -0.1) is 0 Å². The summed E-state index contributed by atoms with van der Waals surface area (Å²) in [6.45, 7) is 17.0. The maximum absolute atomic E-state index is 2.63. The lowest BCUT2D eigenvalue weighted by Gasteiger charge is -2.33. The van der Waals surface area contributed by atoms with E-state index in [1.165, 1.54) is 61.6 Å². The summed E-state index contributed by atoms with van der Waals surface area (Å²) in [5.74, 6) is 1.01. The van der Waals surface area contributed by atoms with Crippen LogP contribution in [-0.2, 0) is 10.8 Å². The van der Waals surface area contributed by atoms with E-state index in [9.17, 15) is 0 Å². The predicted molar refractivity (Wildman–Crippen MR) is 223 cm³/mol. The van der Waals surface area contributed by atoms with Crippen molar-refractivity contribution in [3.05, 3.63) is 172 Å². The molecule has 0 saturated heterocycles. The molecule has 0 N–H and O–H groups in total. The second-order valence-electron chi connectivity index (χ2n) is 16.5. The number of para-hydroxylation sites is 2. The maximum Gasteiger partial charge on any atom is 0.0771 e. The standard InChI is InChI=1S/C49H51NSi/c1-8-49(9-2)46-31-35(21-20-34-22-26-40-41-29-25-39(51(5,6)7)33-45(41)48(3,4)44(40)30-34)23-27-42(46)43-28-24-38(32-47(43)49)50(36-16-12-10-13-17-36)37-18-14-11-15-19-37/h10-33,41,45H,8-9H2,1-7H3/b21-20+. The summed E-state index contributed by atoms with van der Waals surface area (Å²) < 4.78 is 0. The topological polar surface area (TPSA) is 3.24 Å². The van der Waals surface area contributed by atoms with Gasteiger partial charge in [-0.25, -0.2) is 0 Å². The fourth-order valence-corrected chi connectivity index (χ4v) is 10.7. The Morgan fingerprint density at radius 1 is 0.627 bits per heavy atom. The Kier molecular flexibility index (Phi) is 8.23. The number of allylic oxidation sites excluding steroid dienone is 4. The summed E-state index contributed by atoms with van der Waals surface area (Å²) in [7, 11) is -1.36. The molecular formula is C49H51NSi. The van der Waals surface area contributed by atoms with Crippen LogP contribution < -0.4 is 4.90 Å². The van der Waals surface area contributed by atoms with Crippen LogP contribution in [0.3, 0.4) is 0 Å². The minimum absolute atomic E-state index is 0.0345. The van der Waals surface area contributed by atoms with Crippen molar-refractivity contribution in [2.75, 3.05) is 4.90 Å². The highest BCUT2D eigenvalue weighted by Gasteiger charge is 2.46. The van der Waals surface area contributed by atoms with E-state index in [0.717, 1.165) is 12.8 Å². The first-order valence-electron chi connectivity index (χ1n) is 19.0. The molecule has 8 rings (SSSR count). The van der Waals surface area contributed by atoms with Crippen LogP contribution in [0.4, 0.5) is 17.1 Å². The molecule has 2 unspecified atom stereocenters. The molecule has 2 heteroatoms. The number of anilines is 3. The summed E-state index contributed by atoms with van der Waals surface area (Å²) in [5, 5.41) is 1.60. The van der Waals surface area contributed by atoms with Gasteiger partial charge in [0, 0.05) is 28.4 Å². The van der Waals surface area contributed by atoms with Gasteiger partial charge in [-0.3, -0.25) is 0 Å². The molecule has 51 heavy (non-hydrogen) atoms. The second-order valence-corrected chi connectivity index (χ2v) is 21.6. The van der Waals surface area contributed by atoms with Gasteiger partial charge >= 0.3 is 0 Å². The summed E-state index contributed by atoms with van der Waals surface area (Å²) in [4.78, 5) is 2.39. The van der Waals surface area contributed by atoms with Gasteiger partial charge in [0.1, 0.15) is 0 Å². The highest BCUT2D eigenvalue weighted by atomic mass is 28.3. The van der Waals surface area contributed by atoms with Crippen molar-refractivity contribution in [3.8, 4) is 11.1 Å². The van der Waals surface area contributed by atoms with Crippen LogP contribution in [-0.4, -0.2) is 8.07 Å². The largest absolute Gasteiger partial charge is 0.310 e. The molecular weight excluding hydrogens is 631 g/mol. The molecule has 0 heterocycles. The maximum atomic E-state index is 2.63. The lowest BCUT2D eigenvalue weighted by Crippen LogP contribution is -2.30. The number of benzene rings is 5. The second kappa shape index (κ2) is 12.5. The van der Waals surface area contributed by atoms with Gasteiger partial charge in [0.2, 0.25) is 0 Å². The van der Waals surface area contributed by atoms with E-state index in [1.807, 2.05) is 0 Å². The van der Waals surface area contributed by atoms with E-state index in [-0.39, 0.29) is 10.8 Å². The Morgan fingerprint density at radius 3 is 1.76 bits per heavy atom. The average Bonchev–Trinajstić information content (AvgIpc) is 3.55. The van der Waals surface area contributed by atoms with Crippen LogP contribution in [0.5, 0.6) is 0 Å². The molecule has 3 aliphatic carbocycles. The van der Waals surface area contributed by atoms with Crippen molar-refractivity contribution in [2.45, 2.75) is 76.9 Å². The lowest BCUT2D eigenvalue weighted by atomic mass is 9.73. The van der Waals surface area contributed by atoms with Crippen molar-refractivity contribution < 1.29 is 0 Å². The predicted octanol–water partition coefficient (Wildman–Crippen LogP) is 13.8. The van der Waals surface area contributed by atoms with Crippen molar-refractivity contribution >= 4 is 37.3 Å². The van der Waals surface area contributed by atoms with E-state index in [1.54, 1.807) is 5.20 Å². The molecule has 0 fully saturated rings. The number of fused-ring (bicyclic) bond motifs is 6. The molecule has 0 spiro atoms. The third kappa shape index (κ3) is 5.51. The van der Waals surface area contributed by atoms with Gasteiger partial charge in [-0.1, -0.05) is 162 Å². The van der Waals surface area contributed by atoms with Crippen LogP contribution in [0.2, 0.25) is 19.6 Å². The van der Waals surface area contributed by atoms with E-state index >= 15 is 0 Å². The minimum Gasteiger partial charge on any atom is -0.310 e. The molecule has 0 saturated carbocycles. The highest BCUT2D eigenvalue weighted by Crippen LogP contribution is 2.56. The quantitative estimate of drug-likeness (QED) is 0.116. The number of hydrogen-bond acceptors (Lipinski definition) is 1. The molecule has 0 radical (unpaired) electrons. The van der Waals surface area contributed by atoms with Crippen molar-refractivity contribution in [2.24, 2.45) is 5.92 Å². The van der Waals surface area contributed by atoms with Crippen molar-refractivity contribution in [1.82, 2.24) is 0 Å². The Hall–Kier alpha value is -4.66. The molecule has 1 nitrogen and oxygen atoms in total. The van der Waals surface area contributed by atoms with E-state index in [0.29, 0.717) is 11.8 Å². The SMILES string of the molecule is CCC1(CC)c2cc(/C=C/c3ccc4c(c3)C(C)(C)C3C=C([Si](C)(C)C)C=CC43)ccc2-c2ccc(N(c3ccccc3)c3ccccc3)cc21. The zero-order chi connectivity index (χ0) is 35.5. The van der Waals surface area contributed by atoms with Gasteiger partial charge in [-0.2, -0.15) is 0 Å². The summed E-state index contributed by atoms with van der Waals surface area (Å²) in [6.07, 6.45) is 14.3. The molecule has 0 bridgehead atoms. The van der Waals surface area contributed by atoms with Crippen LogP contribution in [0, 0.1) is 5.92 Å². The van der Waals surface area contributed by atoms with E-state index in [4.69, 9.17) is 0 Å². The number of nitrogens with zero attached hydrogens (tertiary/aromatic N) is 1. The van der Waals surface area contributed by atoms with Gasteiger partial charge in [-0.05, 0) is 105 Å². The summed E-state index contributed by atoms with van der Waals surface area (Å²) in [5.41, 5.74) is 14.8. The first-order chi connectivity index (χ1) is 24.5. The minimum atomic E-state index is -1.36. The number of rotatable bonds is 8. The molecule has 5 aromatic rings. The third-order valence-electron chi connectivity index (χ3n) is 12.4. The van der Waals surface area contributed by atoms with Crippen LogP contribution >= 0.6 is 0 Å². The Labute approximate surface area is 307 Å². The van der Waals surface area contributed by atoms with Crippen LogP contribution in [0.25, 0.3) is 23.3 Å². The molecule has 3 aliphatic rings. The lowest BCUT2D eigenvalue weighted by molar-refractivity contribution is 0.393. The zero-order valence-corrected chi connectivity index (χ0v) is 32.4. The molecule has 0 amide bonds. The Balaban J connectivity index is 1.13. The smallest absolute Gasteiger partial charge is 0.0771 e. The first kappa shape index (κ1) is 33.5. The monoisotopic (exact) mass is 681 g/mol. The van der Waals surface area contributed by atoms with Gasteiger partial charge in [0.25, 0.3) is 0 Å². The molecule has 2 atom stereocenters. The molecule has 0 aromatic heterocycles. The molecule has 256 valence electrons. The Bertz CT molecular complexity index is 2150. The van der Waals surface area contributed by atoms with Gasteiger partial charge in [0.05, 0.1) is 8.07 Å². The zero-order valence-electron chi connectivity index (χ0n) is 31.4. The average molecular weight is 682 g/mol. The van der Waals surface area contributed by atoms with Crippen molar-refractivity contribution in [3.63, 3.8) is 0 Å². The molecule has 0 aliphatic heterocycles. The van der Waals surface area contributed by atoms with Gasteiger partial charge in [0.15, 0.2) is 0 Å². The number of hydrogen-bond donors (Lipinski definition) is 0. The highest BCUT2D eigenvalue weighted by molar-refractivity contribution is 6.83. The van der Waals surface area contributed by atoms with Crippen molar-refractivity contribution in [1.29, 1.82) is 0 Å². The Morgan fingerprint density at radius 2 is 1.18 bits per heavy atom.